The molecule has 1 heterocycles. The standard InChI is InChI=1S/C9H9NO3S/c1-6-9(11)10-7-4-2-3-5-8(7)14(6,12)13/h2-6H,1H3,(H,10,11). The number of amides is 1. The number of rotatable bonds is 0. The van der Waals surface area contributed by atoms with Gasteiger partial charge in [-0.3, -0.25) is 4.79 Å². The molecular formula is C9H9NO3S. The summed E-state index contributed by atoms with van der Waals surface area (Å²) < 4.78 is 23.5. The average molecular weight is 211 g/mol. The van der Waals surface area contributed by atoms with Crippen molar-refractivity contribution in [2.45, 2.75) is 17.1 Å². The number of carbonyl (C=O) groups excluding carboxylic acids is 1. The molecule has 2 rings (SSSR count). The van der Waals surface area contributed by atoms with E-state index in [1.807, 2.05) is 0 Å². The molecule has 0 saturated carbocycles. The van der Waals surface area contributed by atoms with Crippen molar-refractivity contribution in [1.82, 2.24) is 0 Å². The molecule has 0 radical (unpaired) electrons. The van der Waals surface area contributed by atoms with Crippen molar-refractivity contribution >= 4 is 21.4 Å². The van der Waals surface area contributed by atoms with Crippen molar-refractivity contribution in [2.75, 3.05) is 5.32 Å². The molecule has 0 aliphatic carbocycles. The molecule has 0 fully saturated rings. The van der Waals surface area contributed by atoms with E-state index < -0.39 is 21.0 Å². The van der Waals surface area contributed by atoms with Crippen molar-refractivity contribution in [3.05, 3.63) is 24.3 Å². The summed E-state index contributed by atoms with van der Waals surface area (Å²) in [5, 5.41) is 1.54. The summed E-state index contributed by atoms with van der Waals surface area (Å²) in [6, 6.07) is 6.41. The van der Waals surface area contributed by atoms with Gasteiger partial charge in [0.25, 0.3) is 0 Å². The van der Waals surface area contributed by atoms with Gasteiger partial charge in [-0.15, -0.1) is 0 Å². The van der Waals surface area contributed by atoms with Gasteiger partial charge < -0.3 is 5.32 Å². The zero-order valence-electron chi connectivity index (χ0n) is 7.52. The average Bonchev–Trinajstić information content (AvgIpc) is 2.15. The van der Waals surface area contributed by atoms with Gasteiger partial charge in [0.1, 0.15) is 5.25 Å². The van der Waals surface area contributed by atoms with E-state index in [4.69, 9.17) is 0 Å². The molecule has 74 valence electrons. The molecular weight excluding hydrogens is 202 g/mol. The van der Waals surface area contributed by atoms with Gasteiger partial charge >= 0.3 is 0 Å². The fourth-order valence-corrected chi connectivity index (χ4v) is 2.80. The van der Waals surface area contributed by atoms with E-state index >= 15 is 0 Å². The van der Waals surface area contributed by atoms with Gasteiger partial charge in [0, 0.05) is 0 Å². The zero-order valence-corrected chi connectivity index (χ0v) is 8.34. The molecule has 4 nitrogen and oxygen atoms in total. The maximum absolute atomic E-state index is 11.8. The topological polar surface area (TPSA) is 63.2 Å². The van der Waals surface area contributed by atoms with E-state index in [-0.39, 0.29) is 4.90 Å². The highest BCUT2D eigenvalue weighted by Gasteiger charge is 2.36. The van der Waals surface area contributed by atoms with Crippen LogP contribution in [0.3, 0.4) is 0 Å². The van der Waals surface area contributed by atoms with Crippen molar-refractivity contribution in [2.24, 2.45) is 0 Å². The van der Waals surface area contributed by atoms with Crippen LogP contribution >= 0.6 is 0 Å². The van der Waals surface area contributed by atoms with Crippen LogP contribution in [0.1, 0.15) is 6.92 Å². The summed E-state index contributed by atoms with van der Waals surface area (Å²) in [6.07, 6.45) is 0. The van der Waals surface area contributed by atoms with E-state index in [2.05, 4.69) is 5.32 Å². The Balaban J connectivity index is 2.72. The normalized spacial score (nSPS) is 23.8. The van der Waals surface area contributed by atoms with Crippen LogP contribution in [0.2, 0.25) is 0 Å². The third-order valence-electron chi connectivity index (χ3n) is 2.29. The Bertz CT molecular complexity index is 493. The van der Waals surface area contributed by atoms with Crippen LogP contribution in [-0.4, -0.2) is 19.6 Å². The van der Waals surface area contributed by atoms with Crippen LogP contribution < -0.4 is 5.32 Å². The monoisotopic (exact) mass is 211 g/mol. The Morgan fingerprint density at radius 2 is 1.93 bits per heavy atom. The third kappa shape index (κ3) is 1.13. The molecule has 0 saturated heterocycles. The third-order valence-corrected chi connectivity index (χ3v) is 4.40. The summed E-state index contributed by atoms with van der Waals surface area (Å²) in [6.45, 7) is 1.39. The van der Waals surface area contributed by atoms with Gasteiger partial charge in [0.05, 0.1) is 10.6 Å². The molecule has 0 bridgehead atoms. The van der Waals surface area contributed by atoms with Crippen LogP contribution in [0.25, 0.3) is 0 Å². The predicted octanol–water partition coefficient (Wildman–Crippen LogP) is 0.801. The van der Waals surface area contributed by atoms with Gasteiger partial charge in [0.15, 0.2) is 9.84 Å². The van der Waals surface area contributed by atoms with E-state index in [9.17, 15) is 13.2 Å². The molecule has 0 spiro atoms. The number of nitrogens with one attached hydrogen (secondary N) is 1. The lowest BCUT2D eigenvalue weighted by Gasteiger charge is -2.21. The van der Waals surface area contributed by atoms with Gasteiger partial charge in [-0.1, -0.05) is 12.1 Å². The molecule has 1 aromatic carbocycles. The zero-order chi connectivity index (χ0) is 10.3. The van der Waals surface area contributed by atoms with E-state index in [0.717, 1.165) is 0 Å². The van der Waals surface area contributed by atoms with Crippen LogP contribution in [0.4, 0.5) is 5.69 Å². The first-order chi connectivity index (χ1) is 6.53. The fourth-order valence-electron chi connectivity index (χ4n) is 1.38. The number of anilines is 1. The minimum absolute atomic E-state index is 0.201. The lowest BCUT2D eigenvalue weighted by molar-refractivity contribution is -0.115. The number of hydrogen-bond donors (Lipinski definition) is 1. The molecule has 1 aliphatic heterocycles. The molecule has 5 heteroatoms. The van der Waals surface area contributed by atoms with Crippen LogP contribution in [0, 0.1) is 0 Å². The van der Waals surface area contributed by atoms with E-state index in [1.165, 1.54) is 13.0 Å². The second-order valence-electron chi connectivity index (χ2n) is 3.17. The molecule has 1 atom stereocenters. The van der Waals surface area contributed by atoms with Crippen LogP contribution in [0.15, 0.2) is 29.2 Å². The molecule has 1 N–H and O–H groups in total. The summed E-state index contributed by atoms with van der Waals surface area (Å²) in [4.78, 5) is 11.5. The number of sulfone groups is 1. The fraction of sp³-hybridized carbons (Fsp3) is 0.222. The second kappa shape index (κ2) is 2.81. The lowest BCUT2D eigenvalue weighted by atomic mass is 10.3. The lowest BCUT2D eigenvalue weighted by Crippen LogP contribution is -2.37. The van der Waals surface area contributed by atoms with E-state index in [0.29, 0.717) is 5.69 Å². The Morgan fingerprint density at radius 3 is 2.64 bits per heavy atom. The Kier molecular flexibility index (Phi) is 1.85. The largest absolute Gasteiger partial charge is 0.324 e. The highest BCUT2D eigenvalue weighted by molar-refractivity contribution is 7.93. The van der Waals surface area contributed by atoms with Crippen molar-refractivity contribution in [1.29, 1.82) is 0 Å². The minimum Gasteiger partial charge on any atom is -0.324 e. The number of para-hydroxylation sites is 1. The summed E-state index contributed by atoms with van der Waals surface area (Å²) in [5.74, 6) is -0.469. The predicted molar refractivity (Wildman–Crippen MR) is 51.7 cm³/mol. The molecule has 1 amide bonds. The number of benzene rings is 1. The Hall–Kier alpha value is -1.36. The SMILES string of the molecule is CC1C(=O)Nc2ccccc2S1(=O)=O. The van der Waals surface area contributed by atoms with Crippen LogP contribution in [-0.2, 0) is 14.6 Å². The maximum atomic E-state index is 11.8. The number of fused-ring (bicyclic) bond motifs is 1. The van der Waals surface area contributed by atoms with Gasteiger partial charge in [-0.2, -0.15) is 0 Å². The molecule has 1 aromatic rings. The van der Waals surface area contributed by atoms with Gasteiger partial charge in [-0.25, -0.2) is 8.42 Å². The smallest absolute Gasteiger partial charge is 0.242 e. The number of carbonyl (C=O) groups is 1. The van der Waals surface area contributed by atoms with Crippen molar-refractivity contribution < 1.29 is 13.2 Å². The highest BCUT2D eigenvalue weighted by Crippen LogP contribution is 2.29. The maximum Gasteiger partial charge on any atom is 0.242 e. The quantitative estimate of drug-likeness (QED) is 0.690. The van der Waals surface area contributed by atoms with E-state index in [1.54, 1.807) is 18.2 Å². The summed E-state index contributed by atoms with van der Waals surface area (Å²) in [7, 11) is -3.48. The second-order valence-corrected chi connectivity index (χ2v) is 5.41. The first kappa shape index (κ1) is 9.21. The summed E-state index contributed by atoms with van der Waals surface area (Å²) >= 11 is 0. The van der Waals surface area contributed by atoms with Crippen LogP contribution in [0.5, 0.6) is 0 Å². The minimum atomic E-state index is -3.48. The highest BCUT2D eigenvalue weighted by atomic mass is 32.2. The van der Waals surface area contributed by atoms with Crippen molar-refractivity contribution in [3.63, 3.8) is 0 Å². The molecule has 1 aliphatic rings. The molecule has 1 unspecified atom stereocenters. The van der Waals surface area contributed by atoms with Gasteiger partial charge in [-0.05, 0) is 19.1 Å². The number of hydrogen-bond acceptors (Lipinski definition) is 3. The first-order valence-electron chi connectivity index (χ1n) is 4.17. The van der Waals surface area contributed by atoms with Crippen molar-refractivity contribution in [3.8, 4) is 0 Å². The molecule has 14 heavy (non-hydrogen) atoms. The Morgan fingerprint density at radius 1 is 1.29 bits per heavy atom. The first-order valence-corrected chi connectivity index (χ1v) is 5.72. The van der Waals surface area contributed by atoms with Gasteiger partial charge in [0.2, 0.25) is 5.91 Å². The summed E-state index contributed by atoms with van der Waals surface area (Å²) in [5.41, 5.74) is 0.371. The molecule has 0 aromatic heterocycles. The Labute approximate surface area is 81.9 Å².